The van der Waals surface area contributed by atoms with Crippen molar-refractivity contribution in [2.75, 3.05) is 26.7 Å². The van der Waals surface area contributed by atoms with Crippen LogP contribution in [0.1, 0.15) is 47.9 Å². The van der Waals surface area contributed by atoms with Crippen molar-refractivity contribution in [3.8, 4) is 0 Å². The molecule has 0 radical (unpaired) electrons. The Balaban J connectivity index is 1.61. The Morgan fingerprint density at radius 3 is 2.76 bits per heavy atom. The quantitative estimate of drug-likeness (QED) is 0.541. The Bertz CT molecular complexity index is 885. The SMILES string of the molecule is CN1CCC(OC(c2cccc(CCCCO)c2)c2nc3ccccc3s2)CC1. The van der Waals surface area contributed by atoms with Gasteiger partial charge in [-0.05, 0) is 62.4 Å². The van der Waals surface area contributed by atoms with Crippen LogP contribution in [0.3, 0.4) is 0 Å². The molecule has 1 atom stereocenters. The van der Waals surface area contributed by atoms with E-state index in [0.717, 1.165) is 55.7 Å². The summed E-state index contributed by atoms with van der Waals surface area (Å²) in [5.74, 6) is 0. The topological polar surface area (TPSA) is 45.6 Å². The molecule has 0 saturated carbocycles. The van der Waals surface area contributed by atoms with Gasteiger partial charge in [-0.25, -0.2) is 4.98 Å². The van der Waals surface area contributed by atoms with Gasteiger partial charge in [0.15, 0.2) is 0 Å². The lowest BCUT2D eigenvalue weighted by Gasteiger charge is -2.31. The Hall–Kier alpha value is -1.79. The van der Waals surface area contributed by atoms with E-state index in [-0.39, 0.29) is 18.8 Å². The summed E-state index contributed by atoms with van der Waals surface area (Å²) in [5.41, 5.74) is 3.53. The van der Waals surface area contributed by atoms with Crippen molar-refractivity contribution in [3.63, 3.8) is 0 Å². The molecule has 29 heavy (non-hydrogen) atoms. The molecule has 1 unspecified atom stereocenters. The van der Waals surface area contributed by atoms with Crippen molar-refractivity contribution < 1.29 is 9.84 Å². The highest BCUT2D eigenvalue weighted by Gasteiger charge is 2.26. The van der Waals surface area contributed by atoms with Gasteiger partial charge < -0.3 is 14.7 Å². The second kappa shape index (κ2) is 9.81. The van der Waals surface area contributed by atoms with Crippen LogP contribution in [0.25, 0.3) is 10.2 Å². The Kier molecular flexibility index (Phi) is 6.93. The number of hydrogen-bond acceptors (Lipinski definition) is 5. The van der Waals surface area contributed by atoms with Gasteiger partial charge in [0.2, 0.25) is 0 Å². The monoisotopic (exact) mass is 410 g/mol. The van der Waals surface area contributed by atoms with E-state index in [0.29, 0.717) is 0 Å². The second-order valence-corrected chi connectivity index (χ2v) is 9.03. The van der Waals surface area contributed by atoms with Gasteiger partial charge in [0, 0.05) is 19.7 Å². The Labute approximate surface area is 177 Å². The summed E-state index contributed by atoms with van der Waals surface area (Å²) in [5, 5.41) is 10.1. The second-order valence-electron chi connectivity index (χ2n) is 7.96. The molecule has 1 aromatic heterocycles. The molecule has 1 N–H and O–H groups in total. The molecule has 154 valence electrons. The summed E-state index contributed by atoms with van der Waals surface area (Å²) in [6.45, 7) is 2.42. The van der Waals surface area contributed by atoms with Gasteiger partial charge in [-0.3, -0.25) is 0 Å². The van der Waals surface area contributed by atoms with Gasteiger partial charge in [-0.1, -0.05) is 36.4 Å². The molecule has 0 spiro atoms. The molecular formula is C24H30N2O2S. The number of aliphatic hydroxyl groups excluding tert-OH is 1. The maximum atomic E-state index is 9.08. The van der Waals surface area contributed by atoms with Crippen LogP contribution in [0.4, 0.5) is 0 Å². The Morgan fingerprint density at radius 2 is 1.97 bits per heavy atom. The lowest BCUT2D eigenvalue weighted by atomic mass is 10.0. The van der Waals surface area contributed by atoms with Crippen LogP contribution in [0.5, 0.6) is 0 Å². The molecule has 0 amide bonds. The predicted molar refractivity (Wildman–Crippen MR) is 120 cm³/mol. The van der Waals surface area contributed by atoms with E-state index in [1.54, 1.807) is 11.3 Å². The fourth-order valence-corrected chi connectivity index (χ4v) is 4.98. The first-order valence-corrected chi connectivity index (χ1v) is 11.4. The molecule has 1 aliphatic rings. The van der Waals surface area contributed by atoms with E-state index in [2.05, 4.69) is 54.4 Å². The number of aryl methyl sites for hydroxylation is 1. The number of para-hydroxylation sites is 1. The van der Waals surface area contributed by atoms with E-state index in [9.17, 15) is 0 Å². The van der Waals surface area contributed by atoms with Crippen molar-refractivity contribution >= 4 is 21.6 Å². The van der Waals surface area contributed by atoms with E-state index in [1.165, 1.54) is 15.8 Å². The third kappa shape index (κ3) is 5.23. The predicted octanol–water partition coefficient (Wildman–Crippen LogP) is 4.81. The molecule has 4 rings (SSSR count). The molecule has 0 aliphatic carbocycles. The van der Waals surface area contributed by atoms with Crippen molar-refractivity contribution in [1.82, 2.24) is 9.88 Å². The van der Waals surface area contributed by atoms with Crippen LogP contribution in [0, 0.1) is 0 Å². The number of ether oxygens (including phenoxy) is 1. The van der Waals surface area contributed by atoms with Gasteiger partial charge in [0.05, 0.1) is 16.3 Å². The first-order valence-electron chi connectivity index (χ1n) is 10.6. The van der Waals surface area contributed by atoms with Crippen LogP contribution in [-0.2, 0) is 11.2 Å². The van der Waals surface area contributed by atoms with Crippen molar-refractivity contribution in [2.45, 2.75) is 44.3 Å². The maximum Gasteiger partial charge on any atom is 0.134 e. The van der Waals surface area contributed by atoms with Crippen LogP contribution >= 0.6 is 11.3 Å². The highest BCUT2D eigenvalue weighted by atomic mass is 32.1. The first kappa shape index (κ1) is 20.5. The van der Waals surface area contributed by atoms with Crippen molar-refractivity contribution in [3.05, 3.63) is 64.7 Å². The minimum Gasteiger partial charge on any atom is -0.396 e. The van der Waals surface area contributed by atoms with Crippen LogP contribution in [0.2, 0.25) is 0 Å². The molecule has 1 fully saturated rings. The van der Waals surface area contributed by atoms with Crippen LogP contribution < -0.4 is 0 Å². The van der Waals surface area contributed by atoms with E-state index in [4.69, 9.17) is 14.8 Å². The summed E-state index contributed by atoms with van der Waals surface area (Å²) in [4.78, 5) is 7.29. The van der Waals surface area contributed by atoms with Gasteiger partial charge in [-0.15, -0.1) is 11.3 Å². The first-order chi connectivity index (χ1) is 14.2. The molecule has 3 aromatic rings. The minimum atomic E-state index is -0.126. The number of benzene rings is 2. The summed E-state index contributed by atoms with van der Waals surface area (Å²) >= 11 is 1.74. The number of aromatic nitrogens is 1. The normalized spacial score (nSPS) is 17.0. The summed E-state index contributed by atoms with van der Waals surface area (Å²) in [6.07, 6.45) is 5.09. The molecular weight excluding hydrogens is 380 g/mol. The standard InChI is InChI=1S/C24H30N2O2S/c1-26-14-12-20(13-15-26)28-23(24-25-21-10-2-3-11-22(21)29-24)19-9-6-8-18(17-19)7-4-5-16-27/h2-3,6,8-11,17,20,23,27H,4-5,7,12-16H2,1H3. The van der Waals surface area contributed by atoms with Crippen molar-refractivity contribution in [2.24, 2.45) is 0 Å². The fraction of sp³-hybridized carbons (Fsp3) is 0.458. The lowest BCUT2D eigenvalue weighted by molar-refractivity contribution is -0.0234. The highest BCUT2D eigenvalue weighted by Crippen LogP contribution is 2.35. The van der Waals surface area contributed by atoms with E-state index < -0.39 is 0 Å². The molecule has 2 heterocycles. The third-order valence-electron chi connectivity index (χ3n) is 5.66. The zero-order chi connectivity index (χ0) is 20.1. The summed E-state index contributed by atoms with van der Waals surface area (Å²) in [7, 11) is 2.18. The number of likely N-dealkylation sites (tertiary alicyclic amines) is 1. The average Bonchev–Trinajstić information content (AvgIpc) is 3.17. The number of piperidine rings is 1. The van der Waals surface area contributed by atoms with Gasteiger partial charge in [-0.2, -0.15) is 0 Å². The minimum absolute atomic E-state index is 0.126. The number of nitrogens with zero attached hydrogens (tertiary/aromatic N) is 2. The molecule has 1 saturated heterocycles. The maximum absolute atomic E-state index is 9.08. The van der Waals surface area contributed by atoms with Crippen LogP contribution in [0.15, 0.2) is 48.5 Å². The third-order valence-corrected chi connectivity index (χ3v) is 6.74. The largest absolute Gasteiger partial charge is 0.396 e. The zero-order valence-electron chi connectivity index (χ0n) is 17.1. The molecule has 0 bridgehead atoms. The molecule has 2 aromatic carbocycles. The number of fused-ring (bicyclic) bond motifs is 1. The van der Waals surface area contributed by atoms with E-state index >= 15 is 0 Å². The summed E-state index contributed by atoms with van der Waals surface area (Å²) in [6, 6.07) is 17.1. The lowest BCUT2D eigenvalue weighted by Crippen LogP contribution is -2.35. The smallest absolute Gasteiger partial charge is 0.134 e. The number of thiazole rings is 1. The fourth-order valence-electron chi connectivity index (χ4n) is 3.95. The van der Waals surface area contributed by atoms with Crippen molar-refractivity contribution in [1.29, 1.82) is 0 Å². The molecule has 1 aliphatic heterocycles. The number of hydrogen-bond donors (Lipinski definition) is 1. The van der Waals surface area contributed by atoms with Crippen LogP contribution in [-0.4, -0.2) is 47.8 Å². The highest BCUT2D eigenvalue weighted by molar-refractivity contribution is 7.18. The zero-order valence-corrected chi connectivity index (χ0v) is 17.9. The van der Waals surface area contributed by atoms with E-state index in [1.807, 2.05) is 6.07 Å². The number of rotatable bonds is 8. The number of aliphatic hydroxyl groups is 1. The summed E-state index contributed by atoms with van der Waals surface area (Å²) < 4.78 is 7.91. The van der Waals surface area contributed by atoms with Gasteiger partial charge in [0.1, 0.15) is 11.1 Å². The van der Waals surface area contributed by atoms with Gasteiger partial charge in [0.25, 0.3) is 0 Å². The number of unbranched alkanes of at least 4 members (excludes halogenated alkanes) is 1. The average molecular weight is 411 g/mol. The molecule has 5 heteroatoms. The Morgan fingerprint density at radius 1 is 1.14 bits per heavy atom. The molecule has 4 nitrogen and oxygen atoms in total. The van der Waals surface area contributed by atoms with Gasteiger partial charge >= 0.3 is 0 Å².